The van der Waals surface area contributed by atoms with Gasteiger partial charge in [0.05, 0.1) is 30.6 Å². The second kappa shape index (κ2) is 12.5. The van der Waals surface area contributed by atoms with Gasteiger partial charge in [0.1, 0.15) is 23.1 Å². The Balaban J connectivity index is 1.60. The Bertz CT molecular complexity index is 2040. The number of rotatable bonds is 10. The second-order valence-corrected chi connectivity index (χ2v) is 11.4. The molecular formula is C36H36FN5O3. The van der Waals surface area contributed by atoms with Crippen LogP contribution in [0.4, 0.5) is 4.39 Å². The van der Waals surface area contributed by atoms with E-state index in [2.05, 4.69) is 9.88 Å². The monoisotopic (exact) mass is 605 g/mol. The van der Waals surface area contributed by atoms with Crippen molar-refractivity contribution in [2.24, 2.45) is 0 Å². The van der Waals surface area contributed by atoms with Crippen molar-refractivity contribution in [3.63, 3.8) is 0 Å². The van der Waals surface area contributed by atoms with Crippen molar-refractivity contribution in [2.45, 2.75) is 40.3 Å². The SMILES string of the molecule is COc1cccc(-c2c(C)n(Cc3ccccc3F)c3nc(-c4cc(C)oc4C)c(CN(C)CCc4ccccn4)n3c2=O)c1. The molecule has 0 amide bonds. The van der Waals surface area contributed by atoms with Crippen LogP contribution in [0.5, 0.6) is 5.75 Å². The third-order valence-electron chi connectivity index (χ3n) is 8.22. The Morgan fingerprint density at radius 1 is 1.00 bits per heavy atom. The van der Waals surface area contributed by atoms with E-state index in [-0.39, 0.29) is 17.9 Å². The van der Waals surface area contributed by atoms with E-state index in [1.165, 1.54) is 6.07 Å². The molecule has 0 saturated carbocycles. The molecule has 4 heterocycles. The summed E-state index contributed by atoms with van der Waals surface area (Å²) in [4.78, 5) is 26.4. The van der Waals surface area contributed by atoms with Crippen LogP contribution in [-0.2, 0) is 19.5 Å². The maximum Gasteiger partial charge on any atom is 0.267 e. The highest BCUT2D eigenvalue weighted by atomic mass is 19.1. The molecule has 6 aromatic rings. The van der Waals surface area contributed by atoms with Gasteiger partial charge in [-0.1, -0.05) is 36.4 Å². The van der Waals surface area contributed by atoms with Crippen LogP contribution in [0.25, 0.3) is 28.2 Å². The van der Waals surface area contributed by atoms with Crippen LogP contribution in [0, 0.1) is 26.6 Å². The third-order valence-corrected chi connectivity index (χ3v) is 8.22. The molecule has 0 atom stereocenters. The van der Waals surface area contributed by atoms with Gasteiger partial charge >= 0.3 is 0 Å². The fraction of sp³-hybridized carbons (Fsp3) is 0.250. The van der Waals surface area contributed by atoms with E-state index >= 15 is 4.39 Å². The van der Waals surface area contributed by atoms with Gasteiger partial charge in [-0.3, -0.25) is 9.78 Å². The number of aromatic nitrogens is 4. The normalized spacial score (nSPS) is 11.5. The molecule has 0 aliphatic carbocycles. The highest BCUT2D eigenvalue weighted by molar-refractivity contribution is 5.72. The minimum Gasteiger partial charge on any atom is -0.497 e. The molecule has 0 aliphatic heterocycles. The molecule has 230 valence electrons. The van der Waals surface area contributed by atoms with Gasteiger partial charge in [0.2, 0.25) is 5.78 Å². The maximum absolute atomic E-state index is 15.1. The van der Waals surface area contributed by atoms with E-state index in [9.17, 15) is 4.79 Å². The molecule has 9 heteroatoms. The van der Waals surface area contributed by atoms with Crippen LogP contribution in [0.1, 0.15) is 34.2 Å². The average molecular weight is 606 g/mol. The first-order chi connectivity index (χ1) is 21.7. The Labute approximate surface area is 261 Å². The topological polar surface area (TPSA) is 77.8 Å². The smallest absolute Gasteiger partial charge is 0.267 e. The largest absolute Gasteiger partial charge is 0.497 e. The van der Waals surface area contributed by atoms with Crippen molar-refractivity contribution in [3.05, 3.63) is 129 Å². The van der Waals surface area contributed by atoms with Gasteiger partial charge in [0.25, 0.3) is 5.56 Å². The van der Waals surface area contributed by atoms with Crippen LogP contribution in [0.3, 0.4) is 0 Å². The van der Waals surface area contributed by atoms with Gasteiger partial charge in [0.15, 0.2) is 0 Å². The van der Waals surface area contributed by atoms with Crippen molar-refractivity contribution < 1.29 is 13.5 Å². The zero-order valence-corrected chi connectivity index (χ0v) is 26.2. The van der Waals surface area contributed by atoms with E-state index in [0.29, 0.717) is 58.5 Å². The molecule has 8 nitrogen and oxygen atoms in total. The summed E-state index contributed by atoms with van der Waals surface area (Å²) < 4.78 is 30.1. The molecule has 0 radical (unpaired) electrons. The third kappa shape index (κ3) is 5.91. The van der Waals surface area contributed by atoms with E-state index in [1.54, 1.807) is 29.8 Å². The van der Waals surface area contributed by atoms with Crippen LogP contribution >= 0.6 is 0 Å². The summed E-state index contributed by atoms with van der Waals surface area (Å²) >= 11 is 0. The lowest BCUT2D eigenvalue weighted by molar-refractivity contribution is 0.325. The van der Waals surface area contributed by atoms with Crippen LogP contribution in [0.15, 0.2) is 88.2 Å². The number of hydrogen-bond donors (Lipinski definition) is 0. The number of hydrogen-bond acceptors (Lipinski definition) is 6. The van der Waals surface area contributed by atoms with Crippen LogP contribution in [-0.4, -0.2) is 44.5 Å². The first kappa shape index (κ1) is 30.0. The van der Waals surface area contributed by atoms with Crippen molar-refractivity contribution >= 4 is 5.78 Å². The first-order valence-electron chi connectivity index (χ1n) is 14.9. The molecule has 0 aliphatic rings. The fourth-order valence-electron chi connectivity index (χ4n) is 5.90. The summed E-state index contributed by atoms with van der Waals surface area (Å²) in [5.74, 6) is 2.22. The predicted molar refractivity (Wildman–Crippen MR) is 173 cm³/mol. The molecule has 2 aromatic carbocycles. The number of methoxy groups -OCH3 is 1. The number of imidazole rings is 1. The van der Waals surface area contributed by atoms with Crippen molar-refractivity contribution in [1.29, 1.82) is 0 Å². The molecule has 0 unspecified atom stereocenters. The number of ether oxygens (including phenoxy) is 1. The van der Waals surface area contributed by atoms with Crippen LogP contribution < -0.4 is 10.3 Å². The molecule has 0 spiro atoms. The number of pyridine rings is 1. The predicted octanol–water partition coefficient (Wildman–Crippen LogP) is 6.61. The summed E-state index contributed by atoms with van der Waals surface area (Å²) in [6.07, 6.45) is 2.54. The van der Waals surface area contributed by atoms with Gasteiger partial charge < -0.3 is 18.6 Å². The van der Waals surface area contributed by atoms with Gasteiger partial charge in [-0.05, 0) is 69.8 Å². The fourth-order valence-corrected chi connectivity index (χ4v) is 5.90. The highest BCUT2D eigenvalue weighted by Gasteiger charge is 2.26. The molecule has 0 saturated heterocycles. The summed E-state index contributed by atoms with van der Waals surface area (Å²) in [6.45, 7) is 7.02. The van der Waals surface area contributed by atoms with Crippen molar-refractivity contribution in [2.75, 3.05) is 20.7 Å². The zero-order chi connectivity index (χ0) is 31.7. The van der Waals surface area contributed by atoms with Gasteiger partial charge in [-0.15, -0.1) is 0 Å². The minimum absolute atomic E-state index is 0.189. The number of likely N-dealkylation sites (N-methyl/N-ethyl adjacent to an activating group) is 1. The quantitative estimate of drug-likeness (QED) is 0.175. The summed E-state index contributed by atoms with van der Waals surface area (Å²) in [7, 11) is 3.62. The average Bonchev–Trinajstić information content (AvgIpc) is 3.58. The van der Waals surface area contributed by atoms with Crippen LogP contribution in [0.2, 0.25) is 0 Å². The zero-order valence-electron chi connectivity index (χ0n) is 26.2. The molecule has 0 fully saturated rings. The van der Waals surface area contributed by atoms with Crippen molar-refractivity contribution in [1.82, 2.24) is 23.8 Å². The molecule has 0 bridgehead atoms. The van der Waals surface area contributed by atoms with Gasteiger partial charge in [-0.25, -0.2) is 13.8 Å². The molecule has 4 aromatic heterocycles. The standard InChI is InChI=1S/C36H36FN5O3/c1-23-19-30(25(3)45-23)34-32(22-40(4)18-16-28-13-8-9-17-38-28)42-35(43)33(26-12-10-14-29(20-26)44-5)24(2)41(36(42)39-34)21-27-11-6-7-15-31(27)37/h6-15,17,19-20H,16,18,21-22H2,1-5H3. The number of fused-ring (bicyclic) bond motifs is 1. The molecule has 45 heavy (non-hydrogen) atoms. The number of furan rings is 1. The van der Waals surface area contributed by atoms with E-state index < -0.39 is 0 Å². The van der Waals surface area contributed by atoms with E-state index in [1.807, 2.05) is 87.0 Å². The summed E-state index contributed by atoms with van der Waals surface area (Å²) in [5, 5.41) is 0. The van der Waals surface area contributed by atoms with Gasteiger partial charge in [0, 0.05) is 48.2 Å². The van der Waals surface area contributed by atoms with E-state index in [0.717, 1.165) is 29.1 Å². The van der Waals surface area contributed by atoms with E-state index in [4.69, 9.17) is 14.1 Å². The summed E-state index contributed by atoms with van der Waals surface area (Å²) in [6, 6.07) is 22.0. The molecule has 6 rings (SSSR count). The molecular weight excluding hydrogens is 569 g/mol. The van der Waals surface area contributed by atoms with Gasteiger partial charge in [-0.2, -0.15) is 0 Å². The Kier molecular flexibility index (Phi) is 8.36. The first-order valence-corrected chi connectivity index (χ1v) is 14.9. The minimum atomic E-state index is -0.320. The van der Waals surface area contributed by atoms with Crippen molar-refractivity contribution in [3.8, 4) is 28.1 Å². The number of nitrogens with zero attached hydrogens (tertiary/aromatic N) is 5. The lowest BCUT2D eigenvalue weighted by atomic mass is 10.0. The Hall–Kier alpha value is -5.02. The summed E-state index contributed by atoms with van der Waals surface area (Å²) in [5.41, 5.74) is 5.39. The Morgan fingerprint density at radius 3 is 2.51 bits per heavy atom. The second-order valence-electron chi connectivity index (χ2n) is 11.4. The lowest BCUT2D eigenvalue weighted by Gasteiger charge is -2.20. The lowest BCUT2D eigenvalue weighted by Crippen LogP contribution is -2.28. The highest BCUT2D eigenvalue weighted by Crippen LogP contribution is 2.33. The number of benzene rings is 2. The maximum atomic E-state index is 15.1. The number of halogens is 1. The molecule has 0 N–H and O–H groups in total. The Morgan fingerprint density at radius 2 is 1.80 bits per heavy atom. The number of aryl methyl sites for hydroxylation is 2.